The molecule has 0 saturated carbocycles. The van der Waals surface area contributed by atoms with Crippen LogP contribution in [0.15, 0.2) is 6.20 Å². The van der Waals surface area contributed by atoms with E-state index < -0.39 is 0 Å². The van der Waals surface area contributed by atoms with Gasteiger partial charge in [0, 0.05) is 12.0 Å². The topological polar surface area (TPSA) is 46.9 Å². The average Bonchev–Trinajstić information content (AvgIpc) is 2.70. The molecule has 1 aromatic heterocycles. The molecule has 0 atom stereocenters. The maximum absolute atomic E-state index is 12.6. The molecule has 0 spiro atoms. The molecule has 1 saturated heterocycles. The van der Waals surface area contributed by atoms with Crippen molar-refractivity contribution in [2.75, 3.05) is 13.1 Å². The number of aryl methyl sites for hydroxylation is 1. The predicted octanol–water partition coefficient (Wildman–Crippen LogP) is 2.13. The number of rotatable bonds is 3. The zero-order valence-electron chi connectivity index (χ0n) is 10.3. The summed E-state index contributed by atoms with van der Waals surface area (Å²) < 4.78 is 1.69. The number of nitrogens with one attached hydrogen (secondary N) is 1. The molecule has 0 amide bonds. The van der Waals surface area contributed by atoms with Gasteiger partial charge in [0.1, 0.15) is 5.69 Å². The van der Waals surface area contributed by atoms with Crippen LogP contribution in [0.5, 0.6) is 0 Å². The van der Waals surface area contributed by atoms with E-state index in [1.165, 1.54) is 0 Å². The highest BCUT2D eigenvalue weighted by Gasteiger charge is 2.37. The van der Waals surface area contributed by atoms with Crippen LogP contribution < -0.4 is 5.32 Å². The molecular weight excluding hydrogens is 238 g/mol. The fourth-order valence-electron chi connectivity index (χ4n) is 2.32. The number of halogens is 1. The third-order valence-corrected chi connectivity index (χ3v) is 3.84. The van der Waals surface area contributed by atoms with Gasteiger partial charge in [0.15, 0.2) is 5.78 Å². The van der Waals surface area contributed by atoms with Gasteiger partial charge in [-0.1, -0.05) is 18.5 Å². The summed E-state index contributed by atoms with van der Waals surface area (Å²) >= 11 is 6.08. The lowest BCUT2D eigenvalue weighted by Crippen LogP contribution is -2.40. The Morgan fingerprint density at radius 3 is 2.82 bits per heavy atom. The number of hydrogen-bond donors (Lipinski definition) is 1. The minimum absolute atomic E-state index is 0.128. The van der Waals surface area contributed by atoms with Crippen molar-refractivity contribution in [3.63, 3.8) is 0 Å². The van der Waals surface area contributed by atoms with Crippen LogP contribution in [-0.4, -0.2) is 28.7 Å². The van der Waals surface area contributed by atoms with Crippen molar-refractivity contribution in [2.24, 2.45) is 5.41 Å². The second kappa shape index (κ2) is 4.78. The van der Waals surface area contributed by atoms with Crippen LogP contribution in [-0.2, 0) is 6.54 Å². The van der Waals surface area contributed by atoms with Crippen LogP contribution in [0.25, 0.3) is 0 Å². The van der Waals surface area contributed by atoms with Gasteiger partial charge in [0.25, 0.3) is 0 Å². The molecule has 2 rings (SSSR count). The molecule has 0 aromatic carbocycles. The van der Waals surface area contributed by atoms with E-state index in [0.717, 1.165) is 25.9 Å². The Hall–Kier alpha value is -0.870. The number of carbonyl (C=O) groups excluding carboxylic acids is 1. The van der Waals surface area contributed by atoms with Gasteiger partial charge >= 0.3 is 0 Å². The Bertz CT molecular complexity index is 421. The third-order valence-electron chi connectivity index (χ3n) is 3.56. The van der Waals surface area contributed by atoms with Crippen LogP contribution in [0.4, 0.5) is 0 Å². The van der Waals surface area contributed by atoms with Gasteiger partial charge in [-0.05, 0) is 32.9 Å². The van der Waals surface area contributed by atoms with E-state index in [1.807, 2.05) is 13.8 Å². The van der Waals surface area contributed by atoms with Crippen molar-refractivity contribution in [1.82, 2.24) is 15.1 Å². The predicted molar refractivity (Wildman–Crippen MR) is 67.5 cm³/mol. The maximum Gasteiger partial charge on any atom is 0.188 e. The highest BCUT2D eigenvalue weighted by molar-refractivity contribution is 6.33. The number of ketones is 1. The molecule has 1 N–H and O–H groups in total. The quantitative estimate of drug-likeness (QED) is 0.842. The van der Waals surface area contributed by atoms with Crippen LogP contribution in [0, 0.1) is 5.41 Å². The first-order chi connectivity index (χ1) is 8.08. The number of nitrogens with zero attached hydrogens (tertiary/aromatic N) is 2. The Labute approximate surface area is 106 Å². The Balaban J connectivity index is 2.32. The molecule has 0 aliphatic carbocycles. The zero-order valence-corrected chi connectivity index (χ0v) is 11.0. The van der Waals surface area contributed by atoms with E-state index in [2.05, 4.69) is 10.4 Å². The molecule has 4 nitrogen and oxygen atoms in total. The number of Topliss-reactive ketones (excluding diaryl/α,β-unsaturated/α-hetero) is 1. The zero-order chi connectivity index (χ0) is 12.5. The van der Waals surface area contributed by atoms with Crippen molar-refractivity contribution in [3.8, 4) is 0 Å². The van der Waals surface area contributed by atoms with Gasteiger partial charge in [-0.15, -0.1) is 0 Å². The lowest BCUT2D eigenvalue weighted by Gasteiger charge is -2.32. The molecule has 1 aliphatic rings. The summed E-state index contributed by atoms with van der Waals surface area (Å²) in [5.74, 6) is 0.128. The first-order valence-corrected chi connectivity index (χ1v) is 6.43. The largest absolute Gasteiger partial charge is 0.317 e. The highest BCUT2D eigenvalue weighted by Crippen LogP contribution is 2.34. The van der Waals surface area contributed by atoms with Crippen molar-refractivity contribution in [2.45, 2.75) is 33.2 Å². The molecule has 1 aromatic rings. The van der Waals surface area contributed by atoms with Gasteiger partial charge in [0.05, 0.1) is 11.2 Å². The van der Waals surface area contributed by atoms with Crippen molar-refractivity contribution in [1.29, 1.82) is 0 Å². The van der Waals surface area contributed by atoms with Gasteiger partial charge in [-0.2, -0.15) is 5.10 Å². The maximum atomic E-state index is 12.6. The summed E-state index contributed by atoms with van der Waals surface area (Å²) in [4.78, 5) is 12.6. The third kappa shape index (κ3) is 2.24. The van der Waals surface area contributed by atoms with Crippen molar-refractivity contribution < 1.29 is 4.79 Å². The van der Waals surface area contributed by atoms with E-state index in [9.17, 15) is 4.79 Å². The first kappa shape index (κ1) is 12.6. The van der Waals surface area contributed by atoms with Crippen molar-refractivity contribution >= 4 is 17.4 Å². The summed E-state index contributed by atoms with van der Waals surface area (Å²) in [5.41, 5.74) is 0.264. The molecule has 17 heavy (non-hydrogen) atoms. The van der Waals surface area contributed by atoms with Gasteiger partial charge < -0.3 is 5.32 Å². The smallest absolute Gasteiger partial charge is 0.188 e. The number of piperidine rings is 1. The highest BCUT2D eigenvalue weighted by atomic mass is 35.5. The fraction of sp³-hybridized carbons (Fsp3) is 0.667. The second-order valence-electron chi connectivity index (χ2n) is 4.80. The lowest BCUT2D eigenvalue weighted by atomic mass is 9.76. The Kier molecular flexibility index (Phi) is 3.54. The van der Waals surface area contributed by atoms with Gasteiger partial charge in [0.2, 0.25) is 0 Å². The standard InChI is InChI=1S/C12H18ClN3O/c1-3-16-10(9(13)8-15-16)11(17)12(2)4-6-14-7-5-12/h8,14H,3-7H2,1-2H3. The molecule has 1 fully saturated rings. The van der Waals surface area contributed by atoms with E-state index >= 15 is 0 Å². The van der Waals surface area contributed by atoms with E-state index in [4.69, 9.17) is 11.6 Å². The van der Waals surface area contributed by atoms with Crippen LogP contribution in [0.3, 0.4) is 0 Å². The minimum Gasteiger partial charge on any atom is -0.317 e. The summed E-state index contributed by atoms with van der Waals surface area (Å²) in [7, 11) is 0. The van der Waals surface area contributed by atoms with Crippen LogP contribution >= 0.6 is 11.6 Å². The van der Waals surface area contributed by atoms with Crippen molar-refractivity contribution in [3.05, 3.63) is 16.9 Å². The SMILES string of the molecule is CCn1ncc(Cl)c1C(=O)C1(C)CCNCC1. The molecule has 0 bridgehead atoms. The molecule has 5 heteroatoms. The molecule has 1 aliphatic heterocycles. The number of aromatic nitrogens is 2. The van der Waals surface area contributed by atoms with Gasteiger partial charge in [-0.25, -0.2) is 0 Å². The van der Waals surface area contributed by atoms with E-state index in [-0.39, 0.29) is 11.2 Å². The normalized spacial score (nSPS) is 19.2. The molecular formula is C12H18ClN3O. The fourth-order valence-corrected chi connectivity index (χ4v) is 2.55. The lowest BCUT2D eigenvalue weighted by molar-refractivity contribution is 0.0750. The monoisotopic (exact) mass is 255 g/mol. The Morgan fingerprint density at radius 1 is 1.59 bits per heavy atom. The summed E-state index contributed by atoms with van der Waals surface area (Å²) in [6, 6.07) is 0. The number of hydrogen-bond acceptors (Lipinski definition) is 3. The molecule has 94 valence electrons. The first-order valence-electron chi connectivity index (χ1n) is 6.05. The van der Waals surface area contributed by atoms with Crippen LogP contribution in [0.1, 0.15) is 37.2 Å². The second-order valence-corrected chi connectivity index (χ2v) is 5.20. The Morgan fingerprint density at radius 2 is 2.24 bits per heavy atom. The summed E-state index contributed by atoms with van der Waals surface area (Å²) in [6.45, 7) is 6.44. The number of carbonyl (C=O) groups is 1. The van der Waals surface area contributed by atoms with E-state index in [0.29, 0.717) is 17.3 Å². The minimum atomic E-state index is -0.304. The van der Waals surface area contributed by atoms with E-state index in [1.54, 1.807) is 10.9 Å². The average molecular weight is 256 g/mol. The summed E-state index contributed by atoms with van der Waals surface area (Å²) in [6.07, 6.45) is 3.27. The summed E-state index contributed by atoms with van der Waals surface area (Å²) in [5, 5.41) is 7.87. The van der Waals surface area contributed by atoms with Crippen LogP contribution in [0.2, 0.25) is 5.02 Å². The molecule has 0 radical (unpaired) electrons. The molecule has 2 heterocycles. The molecule has 0 unspecified atom stereocenters. The van der Waals surface area contributed by atoms with Gasteiger partial charge in [-0.3, -0.25) is 9.48 Å².